The van der Waals surface area contributed by atoms with Gasteiger partial charge < -0.3 is 20.5 Å². The third-order valence-electron chi connectivity index (χ3n) is 4.63. The van der Waals surface area contributed by atoms with E-state index in [2.05, 4.69) is 24.5 Å². The number of aliphatic hydroxyl groups excluding tert-OH is 1. The van der Waals surface area contributed by atoms with E-state index in [1.165, 1.54) is 0 Å². The molecule has 5 nitrogen and oxygen atoms in total. The van der Waals surface area contributed by atoms with Crippen molar-refractivity contribution in [2.75, 3.05) is 6.61 Å². The second kappa shape index (κ2) is 10.4. The summed E-state index contributed by atoms with van der Waals surface area (Å²) in [5.74, 6) is 0. The highest BCUT2D eigenvalue weighted by atomic mass is 16.5. The number of carbonyl (C=O) groups excluding carboxylic acids is 1. The maximum absolute atomic E-state index is 12.4. The Morgan fingerprint density at radius 3 is 2.48 bits per heavy atom. The first-order valence-electron chi connectivity index (χ1n) is 9.46. The van der Waals surface area contributed by atoms with Gasteiger partial charge in [-0.05, 0) is 57.9 Å². The second-order valence-electron chi connectivity index (χ2n) is 7.11. The van der Waals surface area contributed by atoms with Gasteiger partial charge in [-0.1, -0.05) is 30.3 Å². The van der Waals surface area contributed by atoms with E-state index in [0.29, 0.717) is 12.5 Å². The van der Waals surface area contributed by atoms with Gasteiger partial charge in [0.1, 0.15) is 0 Å². The van der Waals surface area contributed by atoms with Crippen LogP contribution in [0.15, 0.2) is 30.3 Å². The number of ether oxygens (including phenoxy) is 1. The largest absolute Gasteiger partial charge is 0.396 e. The molecule has 0 bridgehead atoms. The molecular weight excluding hydrogens is 316 g/mol. The molecule has 1 unspecified atom stereocenters. The van der Waals surface area contributed by atoms with Gasteiger partial charge in [0, 0.05) is 12.6 Å². The topological polar surface area (TPSA) is 70.6 Å². The lowest BCUT2D eigenvalue weighted by atomic mass is 9.93. The molecule has 1 saturated carbocycles. The molecule has 1 aliphatic rings. The van der Waals surface area contributed by atoms with Gasteiger partial charge in [0.25, 0.3) is 0 Å². The number of rotatable bonds is 8. The van der Waals surface area contributed by atoms with E-state index in [1.54, 1.807) is 0 Å². The van der Waals surface area contributed by atoms with Crippen LogP contribution in [0.25, 0.3) is 0 Å². The fourth-order valence-corrected chi connectivity index (χ4v) is 3.42. The molecule has 0 heterocycles. The van der Waals surface area contributed by atoms with Crippen LogP contribution in [0.3, 0.4) is 0 Å². The number of amides is 2. The van der Waals surface area contributed by atoms with E-state index in [1.807, 2.05) is 30.3 Å². The summed E-state index contributed by atoms with van der Waals surface area (Å²) in [5, 5.41) is 15.3. The van der Waals surface area contributed by atoms with Crippen LogP contribution in [0, 0.1) is 0 Å². The minimum Gasteiger partial charge on any atom is -0.396 e. The maximum Gasteiger partial charge on any atom is 0.315 e. The number of aliphatic hydroxyl groups is 1. The monoisotopic (exact) mass is 348 g/mol. The van der Waals surface area contributed by atoms with Gasteiger partial charge >= 0.3 is 6.03 Å². The zero-order valence-corrected chi connectivity index (χ0v) is 15.4. The first-order chi connectivity index (χ1) is 12.1. The molecule has 5 heteroatoms. The molecule has 0 spiro atoms. The first kappa shape index (κ1) is 19.7. The van der Waals surface area contributed by atoms with Gasteiger partial charge in [-0.15, -0.1) is 0 Å². The molecule has 0 radical (unpaired) electrons. The van der Waals surface area contributed by atoms with Crippen LogP contribution in [0.4, 0.5) is 4.79 Å². The third-order valence-corrected chi connectivity index (χ3v) is 4.63. The van der Waals surface area contributed by atoms with Gasteiger partial charge in [0.05, 0.1) is 18.2 Å². The van der Waals surface area contributed by atoms with E-state index in [0.717, 1.165) is 37.7 Å². The molecule has 1 atom stereocenters. The van der Waals surface area contributed by atoms with Gasteiger partial charge in [-0.2, -0.15) is 0 Å². The number of urea groups is 1. The van der Waals surface area contributed by atoms with Crippen molar-refractivity contribution in [2.45, 2.75) is 76.7 Å². The predicted molar refractivity (Wildman–Crippen MR) is 99.4 cm³/mol. The standard InChI is InChI=1S/C20H32N2O3/c1-15(2)25-18-12-10-17(11-13-18)21-20(24)22-19(9-6-14-23)16-7-4-3-5-8-16/h3-5,7-8,15,17-19,23H,6,9-14H2,1-2H3,(H2,21,22,24). The molecule has 1 aliphatic carbocycles. The highest BCUT2D eigenvalue weighted by molar-refractivity contribution is 5.74. The molecule has 0 saturated heterocycles. The van der Waals surface area contributed by atoms with Crippen LogP contribution in [0.1, 0.15) is 64.0 Å². The van der Waals surface area contributed by atoms with Crippen molar-refractivity contribution in [3.05, 3.63) is 35.9 Å². The fraction of sp³-hybridized carbons (Fsp3) is 0.650. The average Bonchev–Trinajstić information content (AvgIpc) is 2.60. The fourth-order valence-electron chi connectivity index (χ4n) is 3.42. The highest BCUT2D eigenvalue weighted by Gasteiger charge is 2.24. The second-order valence-corrected chi connectivity index (χ2v) is 7.11. The lowest BCUT2D eigenvalue weighted by Crippen LogP contribution is -2.45. The molecule has 140 valence electrons. The minimum atomic E-state index is -0.125. The number of nitrogens with one attached hydrogen (secondary N) is 2. The van der Waals surface area contributed by atoms with Crippen molar-refractivity contribution in [1.82, 2.24) is 10.6 Å². The lowest BCUT2D eigenvalue weighted by molar-refractivity contribution is -0.0156. The molecular formula is C20H32N2O3. The summed E-state index contributed by atoms with van der Waals surface area (Å²) in [6.45, 7) is 4.26. The van der Waals surface area contributed by atoms with Crippen LogP contribution in [0.2, 0.25) is 0 Å². The molecule has 0 aliphatic heterocycles. The van der Waals surface area contributed by atoms with Crippen LogP contribution >= 0.6 is 0 Å². The van der Waals surface area contributed by atoms with Crippen LogP contribution in [-0.4, -0.2) is 36.0 Å². The number of hydrogen-bond donors (Lipinski definition) is 3. The quantitative estimate of drug-likeness (QED) is 0.673. The minimum absolute atomic E-state index is 0.0750. The molecule has 1 fully saturated rings. The van der Waals surface area contributed by atoms with E-state index in [-0.39, 0.29) is 30.8 Å². The van der Waals surface area contributed by atoms with Crippen LogP contribution in [-0.2, 0) is 4.74 Å². The van der Waals surface area contributed by atoms with Gasteiger partial charge in [-0.25, -0.2) is 4.79 Å². The van der Waals surface area contributed by atoms with E-state index in [4.69, 9.17) is 9.84 Å². The van der Waals surface area contributed by atoms with Gasteiger partial charge in [0.15, 0.2) is 0 Å². The van der Waals surface area contributed by atoms with E-state index >= 15 is 0 Å². The van der Waals surface area contributed by atoms with Gasteiger partial charge in [0.2, 0.25) is 0 Å². The molecule has 1 aromatic carbocycles. The van der Waals surface area contributed by atoms with Crippen molar-refractivity contribution >= 4 is 6.03 Å². The Morgan fingerprint density at radius 1 is 1.20 bits per heavy atom. The number of benzene rings is 1. The molecule has 2 amide bonds. The molecule has 1 aromatic rings. The van der Waals surface area contributed by atoms with Crippen molar-refractivity contribution in [3.8, 4) is 0 Å². The number of hydrogen-bond acceptors (Lipinski definition) is 3. The molecule has 3 N–H and O–H groups in total. The van der Waals surface area contributed by atoms with Gasteiger partial charge in [-0.3, -0.25) is 0 Å². The summed E-state index contributed by atoms with van der Waals surface area (Å²) in [5.41, 5.74) is 1.07. The summed E-state index contributed by atoms with van der Waals surface area (Å²) in [7, 11) is 0. The zero-order chi connectivity index (χ0) is 18.1. The third kappa shape index (κ3) is 7.04. The average molecular weight is 348 g/mol. The Labute approximate surface area is 151 Å². The van der Waals surface area contributed by atoms with E-state index in [9.17, 15) is 4.79 Å². The van der Waals surface area contributed by atoms with Crippen molar-refractivity contribution in [3.63, 3.8) is 0 Å². The number of carbonyl (C=O) groups is 1. The lowest BCUT2D eigenvalue weighted by Gasteiger charge is -2.31. The Hall–Kier alpha value is -1.59. The van der Waals surface area contributed by atoms with Crippen molar-refractivity contribution in [1.29, 1.82) is 0 Å². The van der Waals surface area contributed by atoms with Crippen LogP contribution < -0.4 is 10.6 Å². The predicted octanol–water partition coefficient (Wildman–Crippen LogP) is 3.54. The summed E-state index contributed by atoms with van der Waals surface area (Å²) in [4.78, 5) is 12.4. The SMILES string of the molecule is CC(C)OC1CCC(NC(=O)NC(CCCO)c2ccccc2)CC1. The molecule has 25 heavy (non-hydrogen) atoms. The highest BCUT2D eigenvalue weighted by Crippen LogP contribution is 2.23. The van der Waals surface area contributed by atoms with Crippen molar-refractivity contribution in [2.24, 2.45) is 0 Å². The van der Waals surface area contributed by atoms with E-state index < -0.39 is 0 Å². The Balaban J connectivity index is 1.81. The summed E-state index contributed by atoms with van der Waals surface area (Å²) < 4.78 is 5.86. The summed E-state index contributed by atoms with van der Waals surface area (Å²) >= 11 is 0. The van der Waals surface area contributed by atoms with Crippen LogP contribution in [0.5, 0.6) is 0 Å². The Bertz CT molecular complexity index is 499. The summed E-state index contributed by atoms with van der Waals surface area (Å²) in [6, 6.07) is 9.93. The summed E-state index contributed by atoms with van der Waals surface area (Å²) in [6.07, 6.45) is 5.87. The Kier molecular flexibility index (Phi) is 8.22. The van der Waals surface area contributed by atoms with Crippen molar-refractivity contribution < 1.29 is 14.6 Å². The first-order valence-corrected chi connectivity index (χ1v) is 9.46. The Morgan fingerprint density at radius 2 is 1.88 bits per heavy atom. The maximum atomic E-state index is 12.4. The normalized spacial score (nSPS) is 21.8. The molecule has 0 aromatic heterocycles. The zero-order valence-electron chi connectivity index (χ0n) is 15.4. The smallest absolute Gasteiger partial charge is 0.315 e. The molecule has 2 rings (SSSR count).